The van der Waals surface area contributed by atoms with Crippen LogP contribution in [0.5, 0.6) is 0 Å². The fourth-order valence-electron chi connectivity index (χ4n) is 2.94. The molecular weight excluding hydrogens is 428 g/mol. The molecule has 1 aromatic heterocycles. The normalized spacial score (nSPS) is 12.7. The molecule has 0 saturated carbocycles. The minimum atomic E-state index is -0.926. The SMILES string of the molecule is O=C(COC(=O)CN1C(=O)c2ccccc2C1=O)Nc1nc2ccc([N+](=O)[O-])cc2s1. The molecule has 1 N–H and O–H groups in total. The molecule has 12 heteroatoms. The summed E-state index contributed by atoms with van der Waals surface area (Å²) in [5.41, 5.74) is 0.771. The van der Waals surface area contributed by atoms with Gasteiger partial charge in [-0.1, -0.05) is 23.5 Å². The fraction of sp³-hybridized carbons (Fsp3) is 0.105. The number of imide groups is 1. The van der Waals surface area contributed by atoms with Crippen LogP contribution in [0.4, 0.5) is 10.8 Å². The lowest BCUT2D eigenvalue weighted by Crippen LogP contribution is -2.36. The number of hydrogen-bond acceptors (Lipinski definition) is 9. The summed E-state index contributed by atoms with van der Waals surface area (Å²) in [4.78, 5) is 63.7. The summed E-state index contributed by atoms with van der Waals surface area (Å²) in [5, 5.41) is 13.4. The quantitative estimate of drug-likeness (QED) is 0.265. The van der Waals surface area contributed by atoms with Gasteiger partial charge in [0.1, 0.15) is 6.54 Å². The monoisotopic (exact) mass is 440 g/mol. The van der Waals surface area contributed by atoms with Crippen LogP contribution < -0.4 is 5.32 Å². The molecule has 0 aliphatic carbocycles. The second-order valence-electron chi connectivity index (χ2n) is 6.38. The van der Waals surface area contributed by atoms with Gasteiger partial charge >= 0.3 is 5.97 Å². The number of amides is 3. The molecular formula is C19H12N4O7S. The van der Waals surface area contributed by atoms with E-state index < -0.39 is 41.8 Å². The van der Waals surface area contributed by atoms with E-state index in [-0.39, 0.29) is 21.9 Å². The zero-order valence-corrected chi connectivity index (χ0v) is 16.4. The number of fused-ring (bicyclic) bond motifs is 2. The van der Waals surface area contributed by atoms with E-state index in [1.54, 1.807) is 12.1 Å². The first-order valence-electron chi connectivity index (χ1n) is 8.79. The molecule has 11 nitrogen and oxygen atoms in total. The molecule has 0 bridgehead atoms. The minimum Gasteiger partial charge on any atom is -0.454 e. The lowest BCUT2D eigenvalue weighted by molar-refractivity contribution is -0.384. The second kappa shape index (κ2) is 7.91. The van der Waals surface area contributed by atoms with Crippen molar-refractivity contribution in [2.75, 3.05) is 18.5 Å². The van der Waals surface area contributed by atoms with E-state index in [0.717, 1.165) is 16.2 Å². The van der Waals surface area contributed by atoms with E-state index >= 15 is 0 Å². The lowest BCUT2D eigenvalue weighted by atomic mass is 10.1. The number of hydrogen-bond donors (Lipinski definition) is 1. The Kier molecular flexibility index (Phi) is 5.13. The topological polar surface area (TPSA) is 149 Å². The Morgan fingerprint density at radius 1 is 1.13 bits per heavy atom. The number of non-ortho nitro benzene ring substituents is 1. The van der Waals surface area contributed by atoms with Crippen LogP contribution in [0.25, 0.3) is 10.2 Å². The Labute approximate surface area is 177 Å². The first-order valence-corrected chi connectivity index (χ1v) is 9.61. The lowest BCUT2D eigenvalue weighted by Gasteiger charge is -2.12. The molecule has 3 amide bonds. The van der Waals surface area contributed by atoms with Crippen molar-refractivity contribution in [1.82, 2.24) is 9.88 Å². The summed E-state index contributed by atoms with van der Waals surface area (Å²) in [6, 6.07) is 10.3. The molecule has 156 valence electrons. The number of nitrogens with zero attached hydrogens (tertiary/aromatic N) is 3. The van der Waals surface area contributed by atoms with Gasteiger partial charge in [0, 0.05) is 12.1 Å². The molecule has 0 unspecified atom stereocenters. The van der Waals surface area contributed by atoms with Crippen molar-refractivity contribution >= 4 is 56.1 Å². The van der Waals surface area contributed by atoms with Crippen LogP contribution >= 0.6 is 11.3 Å². The highest BCUT2D eigenvalue weighted by Gasteiger charge is 2.36. The van der Waals surface area contributed by atoms with Crippen molar-refractivity contribution in [3.63, 3.8) is 0 Å². The van der Waals surface area contributed by atoms with Crippen molar-refractivity contribution in [2.24, 2.45) is 0 Å². The van der Waals surface area contributed by atoms with Crippen molar-refractivity contribution in [3.8, 4) is 0 Å². The van der Waals surface area contributed by atoms with Crippen molar-refractivity contribution < 1.29 is 28.8 Å². The van der Waals surface area contributed by atoms with Gasteiger partial charge in [0.15, 0.2) is 11.7 Å². The maximum atomic E-state index is 12.2. The molecule has 2 heterocycles. The summed E-state index contributed by atoms with van der Waals surface area (Å²) < 4.78 is 5.36. The van der Waals surface area contributed by atoms with E-state index in [1.807, 2.05) is 0 Å². The predicted octanol–water partition coefficient (Wildman–Crippen LogP) is 1.98. The number of nitrogens with one attached hydrogen (secondary N) is 1. The number of carbonyl (C=O) groups excluding carboxylic acids is 4. The van der Waals surface area contributed by atoms with Crippen molar-refractivity contribution in [3.05, 3.63) is 63.7 Å². The molecule has 31 heavy (non-hydrogen) atoms. The van der Waals surface area contributed by atoms with Crippen molar-refractivity contribution in [1.29, 1.82) is 0 Å². The maximum Gasteiger partial charge on any atom is 0.326 e. The van der Waals surface area contributed by atoms with Gasteiger partial charge in [-0.25, -0.2) is 4.98 Å². The molecule has 0 fully saturated rings. The number of nitro groups is 1. The summed E-state index contributed by atoms with van der Waals surface area (Å²) >= 11 is 1.03. The van der Waals surface area contributed by atoms with E-state index in [9.17, 15) is 29.3 Å². The molecule has 1 aliphatic rings. The number of aromatic nitrogens is 1. The largest absolute Gasteiger partial charge is 0.454 e. The Morgan fingerprint density at radius 3 is 2.45 bits per heavy atom. The van der Waals surface area contributed by atoms with Gasteiger partial charge in [0.2, 0.25) is 0 Å². The van der Waals surface area contributed by atoms with Crippen LogP contribution in [0.15, 0.2) is 42.5 Å². The third-order valence-corrected chi connectivity index (χ3v) is 5.29. The Balaban J connectivity index is 1.32. The third kappa shape index (κ3) is 3.96. The minimum absolute atomic E-state index is 0.101. The zero-order chi connectivity index (χ0) is 22.1. The van der Waals surface area contributed by atoms with Gasteiger partial charge in [-0.15, -0.1) is 0 Å². The van der Waals surface area contributed by atoms with E-state index in [0.29, 0.717) is 10.2 Å². The Hall–Kier alpha value is -4.19. The number of rotatable bonds is 6. The Morgan fingerprint density at radius 2 is 1.81 bits per heavy atom. The van der Waals surface area contributed by atoms with E-state index in [2.05, 4.69) is 10.3 Å². The molecule has 3 aromatic rings. The number of ether oxygens (including phenoxy) is 1. The number of carbonyl (C=O) groups is 4. The highest BCUT2D eigenvalue weighted by Crippen LogP contribution is 2.29. The third-order valence-electron chi connectivity index (χ3n) is 4.36. The van der Waals surface area contributed by atoms with Crippen molar-refractivity contribution in [2.45, 2.75) is 0 Å². The summed E-state index contributed by atoms with van der Waals surface area (Å²) in [6.45, 7) is -1.28. The van der Waals surface area contributed by atoms with Crippen LogP contribution in [-0.4, -0.2) is 51.6 Å². The second-order valence-corrected chi connectivity index (χ2v) is 7.41. The molecule has 1 aliphatic heterocycles. The summed E-state index contributed by atoms with van der Waals surface area (Å²) in [6.07, 6.45) is 0. The molecule has 0 atom stereocenters. The van der Waals surface area contributed by atoms with Crippen LogP contribution in [-0.2, 0) is 14.3 Å². The predicted molar refractivity (Wildman–Crippen MR) is 108 cm³/mol. The van der Waals surface area contributed by atoms with E-state index in [4.69, 9.17) is 4.74 Å². The Bertz CT molecular complexity index is 1230. The average molecular weight is 440 g/mol. The smallest absolute Gasteiger partial charge is 0.326 e. The van der Waals surface area contributed by atoms with Gasteiger partial charge in [0.25, 0.3) is 23.4 Å². The number of thiazole rings is 1. The molecule has 2 aromatic carbocycles. The molecule has 0 spiro atoms. The molecule has 4 rings (SSSR count). The number of anilines is 1. The van der Waals surface area contributed by atoms with Gasteiger partial charge in [-0.3, -0.25) is 39.5 Å². The first kappa shape index (κ1) is 20.1. The van der Waals surface area contributed by atoms with Crippen LogP contribution in [0.2, 0.25) is 0 Å². The maximum absolute atomic E-state index is 12.2. The molecule has 0 radical (unpaired) electrons. The van der Waals surface area contributed by atoms with Gasteiger partial charge in [-0.05, 0) is 18.2 Å². The van der Waals surface area contributed by atoms with Crippen LogP contribution in [0.3, 0.4) is 0 Å². The summed E-state index contributed by atoms with van der Waals surface area (Å²) in [7, 11) is 0. The average Bonchev–Trinajstić information content (AvgIpc) is 3.25. The van der Waals surface area contributed by atoms with Gasteiger partial charge < -0.3 is 4.74 Å². The van der Waals surface area contributed by atoms with Crippen LogP contribution in [0.1, 0.15) is 20.7 Å². The highest BCUT2D eigenvalue weighted by molar-refractivity contribution is 7.22. The van der Waals surface area contributed by atoms with E-state index in [1.165, 1.54) is 30.3 Å². The number of esters is 1. The number of nitro benzene ring substituents is 1. The molecule has 0 saturated heterocycles. The van der Waals surface area contributed by atoms with Crippen LogP contribution in [0, 0.1) is 10.1 Å². The standard InChI is InChI=1S/C19H12N4O7S/c24-15(21-19-20-13-6-5-10(23(28)29)7-14(13)31-19)9-30-16(25)8-22-17(26)11-3-1-2-4-12(11)18(22)27/h1-7H,8-9H2,(H,20,21,24). The zero-order valence-electron chi connectivity index (χ0n) is 15.6. The van der Waals surface area contributed by atoms with Gasteiger partial charge in [0.05, 0.1) is 26.3 Å². The summed E-state index contributed by atoms with van der Waals surface area (Å²) in [5.74, 6) is -2.83. The number of benzene rings is 2. The first-order chi connectivity index (χ1) is 14.8. The fourth-order valence-corrected chi connectivity index (χ4v) is 3.85. The van der Waals surface area contributed by atoms with Gasteiger partial charge in [-0.2, -0.15) is 0 Å². The highest BCUT2D eigenvalue weighted by atomic mass is 32.1.